The third-order valence-electron chi connectivity index (χ3n) is 5.52. The minimum atomic E-state index is -4.74. The Morgan fingerprint density at radius 1 is 1.14 bits per heavy atom. The number of carbonyl (C=O) groups is 1. The van der Waals surface area contributed by atoms with Crippen LogP contribution in [0.4, 0.5) is 19.0 Å². The first-order valence-corrected chi connectivity index (χ1v) is 10.9. The summed E-state index contributed by atoms with van der Waals surface area (Å²) in [6, 6.07) is 5.70. The van der Waals surface area contributed by atoms with E-state index in [1.54, 1.807) is 6.07 Å². The van der Waals surface area contributed by atoms with Gasteiger partial charge in [-0.15, -0.1) is 11.3 Å². The lowest BCUT2D eigenvalue weighted by Crippen LogP contribution is -2.34. The first-order valence-electron chi connectivity index (χ1n) is 9.95. The van der Waals surface area contributed by atoms with Crippen LogP contribution in [-0.2, 0) is 12.7 Å². The molecule has 9 nitrogen and oxygen atoms in total. The minimum Gasteiger partial charge on any atom is -0.477 e. The molecule has 0 atom stereocenters. The fourth-order valence-corrected chi connectivity index (χ4v) is 4.80. The number of fused-ring (bicyclic) bond motifs is 2. The quantitative estimate of drug-likeness (QED) is 0.345. The molecule has 0 bridgehead atoms. The van der Waals surface area contributed by atoms with Crippen LogP contribution in [0.1, 0.15) is 21.6 Å². The number of anilines is 1. The second-order valence-corrected chi connectivity index (χ2v) is 8.42. The van der Waals surface area contributed by atoms with Gasteiger partial charge in [-0.05, 0) is 35.9 Å². The molecule has 0 saturated heterocycles. The van der Waals surface area contributed by atoms with Crippen LogP contribution in [0.25, 0.3) is 27.5 Å². The maximum atomic E-state index is 13.6. The molecular formula is C22H14F3N5O4S. The molecule has 0 radical (unpaired) electrons. The summed E-state index contributed by atoms with van der Waals surface area (Å²) in [4.78, 5) is 45.0. The van der Waals surface area contributed by atoms with Crippen LogP contribution in [0.5, 0.6) is 0 Å². The molecule has 0 fully saturated rings. The number of hydrogen-bond acceptors (Lipinski definition) is 6. The fraction of sp³-hybridized carbons (Fsp3) is 0.0909. The van der Waals surface area contributed by atoms with E-state index in [1.165, 1.54) is 27.6 Å². The van der Waals surface area contributed by atoms with Crippen molar-refractivity contribution in [3.05, 3.63) is 84.9 Å². The van der Waals surface area contributed by atoms with Gasteiger partial charge in [0.1, 0.15) is 5.82 Å². The highest BCUT2D eigenvalue weighted by Gasteiger charge is 2.33. The number of carboxylic acids is 1. The van der Waals surface area contributed by atoms with Crippen LogP contribution >= 0.6 is 11.3 Å². The Kier molecular flexibility index (Phi) is 5.02. The van der Waals surface area contributed by atoms with Gasteiger partial charge in [-0.2, -0.15) is 13.2 Å². The number of nitrogens with two attached hydrogens (primary N) is 1. The van der Waals surface area contributed by atoms with E-state index in [9.17, 15) is 32.7 Å². The highest BCUT2D eigenvalue weighted by atomic mass is 32.1. The molecule has 1 aromatic carbocycles. The number of aromatic amines is 1. The average Bonchev–Trinajstić information content (AvgIpc) is 3.36. The summed E-state index contributed by atoms with van der Waals surface area (Å²) in [5.74, 6) is -1.38. The van der Waals surface area contributed by atoms with E-state index >= 15 is 0 Å². The first kappa shape index (κ1) is 22.4. The number of hydrogen-bond donors (Lipinski definition) is 3. The van der Waals surface area contributed by atoms with E-state index in [-0.39, 0.29) is 34.2 Å². The van der Waals surface area contributed by atoms with Gasteiger partial charge in [0.25, 0.3) is 5.56 Å². The molecule has 0 aliphatic heterocycles. The molecule has 0 aliphatic rings. The van der Waals surface area contributed by atoms with Crippen LogP contribution in [0, 0.1) is 0 Å². The number of aromatic nitrogens is 4. The van der Waals surface area contributed by atoms with E-state index in [4.69, 9.17) is 5.73 Å². The number of aromatic carboxylic acids is 1. The Balaban J connectivity index is 1.93. The van der Waals surface area contributed by atoms with Crippen LogP contribution in [-0.4, -0.2) is 30.2 Å². The van der Waals surface area contributed by atoms with Gasteiger partial charge in [0.05, 0.1) is 27.7 Å². The van der Waals surface area contributed by atoms with Crippen LogP contribution < -0.4 is 17.0 Å². The second kappa shape index (κ2) is 7.84. The maximum Gasteiger partial charge on any atom is 0.416 e. The Labute approximate surface area is 196 Å². The first-order chi connectivity index (χ1) is 16.6. The molecule has 4 heterocycles. The topological polar surface area (TPSA) is 136 Å². The summed E-state index contributed by atoms with van der Waals surface area (Å²) >= 11 is 1.14. The fourth-order valence-electron chi connectivity index (χ4n) is 4.04. The zero-order valence-corrected chi connectivity index (χ0v) is 18.3. The van der Waals surface area contributed by atoms with E-state index in [0.717, 1.165) is 29.5 Å². The third-order valence-corrected chi connectivity index (χ3v) is 6.26. The van der Waals surface area contributed by atoms with E-state index in [0.29, 0.717) is 10.1 Å². The minimum absolute atomic E-state index is 0.0810. The van der Waals surface area contributed by atoms with Crippen LogP contribution in [0.2, 0.25) is 0 Å². The molecule has 35 heavy (non-hydrogen) atoms. The molecule has 0 unspecified atom stereocenters. The summed E-state index contributed by atoms with van der Waals surface area (Å²) in [7, 11) is 0. The molecule has 5 aromatic rings. The van der Waals surface area contributed by atoms with Gasteiger partial charge in [-0.25, -0.2) is 19.1 Å². The largest absolute Gasteiger partial charge is 0.477 e. The summed E-state index contributed by atoms with van der Waals surface area (Å²) in [5, 5.41) is 13.0. The van der Waals surface area contributed by atoms with Gasteiger partial charge in [-0.3, -0.25) is 4.79 Å². The van der Waals surface area contributed by atoms with Gasteiger partial charge in [-0.1, -0.05) is 0 Å². The number of pyridine rings is 1. The van der Waals surface area contributed by atoms with Crippen molar-refractivity contribution in [3.63, 3.8) is 0 Å². The number of nitrogens with one attached hydrogen (secondary N) is 1. The Bertz CT molecular complexity index is 1760. The predicted octanol–water partition coefficient (Wildman–Crippen LogP) is 3.44. The molecule has 13 heteroatoms. The number of thiophene rings is 1. The van der Waals surface area contributed by atoms with E-state index in [2.05, 4.69) is 9.97 Å². The number of rotatable bonds is 4. The van der Waals surface area contributed by atoms with E-state index in [1.807, 2.05) is 0 Å². The molecule has 5 rings (SSSR count). The molecule has 178 valence electrons. The zero-order valence-electron chi connectivity index (χ0n) is 17.5. The lowest BCUT2D eigenvalue weighted by Gasteiger charge is -2.10. The predicted molar refractivity (Wildman–Crippen MR) is 123 cm³/mol. The van der Waals surface area contributed by atoms with Crippen molar-refractivity contribution in [1.82, 2.24) is 19.1 Å². The number of H-pyrrole nitrogens is 1. The molecule has 0 saturated carbocycles. The Morgan fingerprint density at radius 2 is 1.91 bits per heavy atom. The second-order valence-electron chi connectivity index (χ2n) is 7.68. The summed E-state index contributed by atoms with van der Waals surface area (Å²) in [6.07, 6.45) is -3.34. The molecule has 0 aliphatic carbocycles. The molecule has 0 amide bonds. The van der Waals surface area contributed by atoms with Crippen molar-refractivity contribution in [3.8, 4) is 5.69 Å². The molecular weight excluding hydrogens is 487 g/mol. The van der Waals surface area contributed by atoms with Crippen molar-refractivity contribution in [1.29, 1.82) is 0 Å². The summed E-state index contributed by atoms with van der Waals surface area (Å²) < 4.78 is 42.5. The average molecular weight is 501 g/mol. The number of nitrogens with zero attached hydrogens (tertiary/aromatic N) is 3. The maximum absolute atomic E-state index is 13.6. The highest BCUT2D eigenvalue weighted by Crippen LogP contribution is 2.36. The monoisotopic (exact) mass is 501 g/mol. The summed E-state index contributed by atoms with van der Waals surface area (Å²) in [5.41, 5.74) is 2.67. The number of carboxylic acid groups (broad SMARTS) is 1. The normalized spacial score (nSPS) is 12.0. The number of nitrogen functional groups attached to an aromatic ring is 1. The van der Waals surface area contributed by atoms with Gasteiger partial charge in [0.2, 0.25) is 0 Å². The van der Waals surface area contributed by atoms with Crippen molar-refractivity contribution in [2.45, 2.75) is 12.7 Å². The standard InChI is InChI=1S/C22H14F3N5O4S/c23-22(24,25)11-1-2-15-12(6-11)17(30-19(31)13-8-35-9-14(13)28-21(30)34)18(20(32)33)29(15)7-10-3-4-27-16(26)5-10/h1-6,8-9H,7H2,(H2,26,27)(H,28,34)(H,32,33). The van der Waals surface area contributed by atoms with E-state index < -0.39 is 40.3 Å². The van der Waals surface area contributed by atoms with Crippen LogP contribution in [0.15, 0.2) is 56.9 Å². The van der Waals surface area contributed by atoms with Gasteiger partial charge in [0, 0.05) is 28.9 Å². The van der Waals surface area contributed by atoms with Crippen molar-refractivity contribution in [2.75, 3.05) is 5.73 Å². The van der Waals surface area contributed by atoms with Crippen molar-refractivity contribution < 1.29 is 23.1 Å². The smallest absolute Gasteiger partial charge is 0.416 e. The zero-order chi connectivity index (χ0) is 25.1. The molecule has 0 spiro atoms. The van der Waals surface area contributed by atoms with Crippen molar-refractivity contribution >= 4 is 44.9 Å². The highest BCUT2D eigenvalue weighted by molar-refractivity contribution is 7.09. The number of alkyl halides is 3. The Hall–Kier alpha value is -4.39. The molecule has 4 N–H and O–H groups in total. The van der Waals surface area contributed by atoms with Gasteiger partial charge < -0.3 is 20.4 Å². The summed E-state index contributed by atoms with van der Waals surface area (Å²) in [6.45, 7) is -0.121. The molecule has 4 aromatic heterocycles. The number of benzene rings is 1. The SMILES string of the molecule is Nc1cc(Cn2c(C(=O)O)c(-n3c(=O)[nH]c4cscc4c3=O)c3cc(C(F)(F)F)ccc32)ccn1. The lowest BCUT2D eigenvalue weighted by molar-refractivity contribution is -0.137. The van der Waals surface area contributed by atoms with Gasteiger partial charge >= 0.3 is 17.8 Å². The van der Waals surface area contributed by atoms with Gasteiger partial charge in [0.15, 0.2) is 5.69 Å². The van der Waals surface area contributed by atoms with Crippen LogP contribution in [0.3, 0.4) is 0 Å². The van der Waals surface area contributed by atoms with Crippen molar-refractivity contribution in [2.24, 2.45) is 0 Å². The Morgan fingerprint density at radius 3 is 2.60 bits per heavy atom. The number of halogens is 3. The third kappa shape index (κ3) is 3.65. The lowest BCUT2D eigenvalue weighted by atomic mass is 10.1.